The largest absolute Gasteiger partial charge is 0.481 e. The minimum absolute atomic E-state index is 0.0191. The number of anilines is 1. The van der Waals surface area contributed by atoms with Gasteiger partial charge in [-0.1, -0.05) is 0 Å². The highest BCUT2D eigenvalue weighted by atomic mass is 16.5. The maximum Gasteiger partial charge on any atom is 0.261 e. The molecule has 1 aliphatic rings. The molecular formula is C12H16N2O2. The summed E-state index contributed by atoms with van der Waals surface area (Å²) in [5, 5.41) is 2.84. The molecule has 16 heavy (non-hydrogen) atoms. The Morgan fingerprint density at radius 3 is 2.75 bits per heavy atom. The highest BCUT2D eigenvalue weighted by Crippen LogP contribution is 2.17. The second-order valence-electron chi connectivity index (χ2n) is 3.96. The summed E-state index contributed by atoms with van der Waals surface area (Å²) in [6.07, 6.45) is 2.44. The number of nitrogens with two attached hydrogens (primary N) is 1. The quantitative estimate of drug-likeness (QED) is 0.739. The van der Waals surface area contributed by atoms with Crippen molar-refractivity contribution in [1.82, 2.24) is 5.32 Å². The van der Waals surface area contributed by atoms with Crippen LogP contribution in [0, 0.1) is 0 Å². The lowest BCUT2D eigenvalue weighted by molar-refractivity contribution is -0.127. The predicted molar refractivity (Wildman–Crippen MR) is 62.1 cm³/mol. The Morgan fingerprint density at radius 2 is 2.00 bits per heavy atom. The van der Waals surface area contributed by atoms with Crippen molar-refractivity contribution in [2.45, 2.75) is 25.4 Å². The zero-order chi connectivity index (χ0) is 11.4. The third kappa shape index (κ3) is 2.66. The zero-order valence-electron chi connectivity index (χ0n) is 9.11. The van der Waals surface area contributed by atoms with Crippen LogP contribution in [0.25, 0.3) is 0 Å². The number of ether oxygens (including phenoxy) is 1. The number of nitrogen functional groups attached to an aromatic ring is 1. The lowest BCUT2D eigenvalue weighted by Crippen LogP contribution is -2.36. The molecule has 1 saturated heterocycles. The average Bonchev–Trinajstić information content (AvgIpc) is 2.48. The zero-order valence-corrected chi connectivity index (χ0v) is 9.11. The van der Waals surface area contributed by atoms with E-state index in [1.165, 1.54) is 0 Å². The lowest BCUT2D eigenvalue weighted by Gasteiger charge is -2.15. The molecule has 3 N–H and O–H groups in total. The van der Waals surface area contributed by atoms with E-state index in [2.05, 4.69) is 5.32 Å². The highest BCUT2D eigenvalue weighted by molar-refractivity contribution is 5.81. The summed E-state index contributed by atoms with van der Waals surface area (Å²) in [5.74, 6) is 0.672. The number of carbonyl (C=O) groups excluding carboxylic acids is 1. The Morgan fingerprint density at radius 1 is 1.25 bits per heavy atom. The number of hydrogen-bond acceptors (Lipinski definition) is 3. The minimum Gasteiger partial charge on any atom is -0.481 e. The first-order valence-corrected chi connectivity index (χ1v) is 5.55. The van der Waals surface area contributed by atoms with Gasteiger partial charge >= 0.3 is 0 Å². The van der Waals surface area contributed by atoms with E-state index in [-0.39, 0.29) is 12.0 Å². The molecule has 4 heteroatoms. The van der Waals surface area contributed by atoms with E-state index in [9.17, 15) is 4.79 Å². The normalized spacial score (nSPS) is 21.0. The lowest BCUT2D eigenvalue weighted by atomic mass is 10.2. The Hall–Kier alpha value is -1.71. The molecular weight excluding hydrogens is 204 g/mol. The highest BCUT2D eigenvalue weighted by Gasteiger charge is 2.21. The molecule has 1 aliphatic heterocycles. The number of rotatable bonds is 2. The summed E-state index contributed by atoms with van der Waals surface area (Å²) in [6.45, 7) is 0.750. The summed E-state index contributed by atoms with van der Waals surface area (Å²) >= 11 is 0. The van der Waals surface area contributed by atoms with Crippen molar-refractivity contribution >= 4 is 11.6 Å². The van der Waals surface area contributed by atoms with E-state index in [1.54, 1.807) is 24.3 Å². The fourth-order valence-corrected chi connectivity index (χ4v) is 1.73. The number of amides is 1. The van der Waals surface area contributed by atoms with Gasteiger partial charge in [0.2, 0.25) is 0 Å². The summed E-state index contributed by atoms with van der Waals surface area (Å²) in [7, 11) is 0. The van der Waals surface area contributed by atoms with Crippen molar-refractivity contribution in [3.05, 3.63) is 24.3 Å². The molecule has 1 aromatic carbocycles. The fraction of sp³-hybridized carbons (Fsp3) is 0.417. The van der Waals surface area contributed by atoms with Gasteiger partial charge in [-0.3, -0.25) is 4.79 Å². The Bertz CT molecular complexity index is 362. The molecule has 0 aliphatic carbocycles. The molecule has 1 heterocycles. The SMILES string of the molecule is Nc1ccc(OC2CCCCNC2=O)cc1. The van der Waals surface area contributed by atoms with Crippen molar-refractivity contribution in [2.24, 2.45) is 0 Å². The van der Waals surface area contributed by atoms with E-state index in [0.717, 1.165) is 25.8 Å². The molecule has 4 nitrogen and oxygen atoms in total. The van der Waals surface area contributed by atoms with Crippen LogP contribution in [0.1, 0.15) is 19.3 Å². The topological polar surface area (TPSA) is 64.3 Å². The van der Waals surface area contributed by atoms with Crippen molar-refractivity contribution < 1.29 is 9.53 Å². The maximum absolute atomic E-state index is 11.6. The van der Waals surface area contributed by atoms with Crippen LogP contribution in [-0.4, -0.2) is 18.6 Å². The summed E-state index contributed by atoms with van der Waals surface area (Å²) in [4.78, 5) is 11.6. The predicted octanol–water partition coefficient (Wildman–Crippen LogP) is 1.32. The van der Waals surface area contributed by atoms with E-state index >= 15 is 0 Å². The van der Waals surface area contributed by atoms with Crippen LogP contribution in [0.15, 0.2) is 24.3 Å². The summed E-state index contributed by atoms with van der Waals surface area (Å²) in [5.41, 5.74) is 6.27. The van der Waals surface area contributed by atoms with Crippen molar-refractivity contribution in [2.75, 3.05) is 12.3 Å². The molecule has 0 spiro atoms. The van der Waals surface area contributed by atoms with Gasteiger partial charge in [0.15, 0.2) is 6.10 Å². The molecule has 0 saturated carbocycles. The summed E-state index contributed by atoms with van der Waals surface area (Å²) < 4.78 is 5.63. The molecule has 0 radical (unpaired) electrons. The molecule has 86 valence electrons. The number of nitrogens with one attached hydrogen (secondary N) is 1. The average molecular weight is 220 g/mol. The number of hydrogen-bond donors (Lipinski definition) is 2. The van der Waals surface area contributed by atoms with Gasteiger partial charge in [0.25, 0.3) is 5.91 Å². The first-order chi connectivity index (χ1) is 7.75. The Kier molecular flexibility index (Phi) is 3.29. The smallest absolute Gasteiger partial charge is 0.261 e. The Balaban J connectivity index is 2.02. The third-order valence-electron chi connectivity index (χ3n) is 2.64. The van der Waals surface area contributed by atoms with Crippen LogP contribution < -0.4 is 15.8 Å². The van der Waals surface area contributed by atoms with Crippen LogP contribution in [0.4, 0.5) is 5.69 Å². The third-order valence-corrected chi connectivity index (χ3v) is 2.64. The van der Waals surface area contributed by atoms with Gasteiger partial charge in [0.05, 0.1) is 0 Å². The van der Waals surface area contributed by atoms with Gasteiger partial charge in [0, 0.05) is 12.2 Å². The molecule has 1 atom stereocenters. The van der Waals surface area contributed by atoms with Gasteiger partial charge in [0.1, 0.15) is 5.75 Å². The van der Waals surface area contributed by atoms with Crippen LogP contribution in [0.5, 0.6) is 5.75 Å². The summed E-state index contributed by atoms with van der Waals surface area (Å²) in [6, 6.07) is 7.11. The first kappa shape index (κ1) is 10.8. The van der Waals surface area contributed by atoms with E-state index in [0.29, 0.717) is 11.4 Å². The van der Waals surface area contributed by atoms with Crippen LogP contribution in [0.3, 0.4) is 0 Å². The van der Waals surface area contributed by atoms with Crippen molar-refractivity contribution in [3.8, 4) is 5.75 Å². The molecule has 1 amide bonds. The van der Waals surface area contributed by atoms with E-state index < -0.39 is 0 Å². The molecule has 0 aromatic heterocycles. The van der Waals surface area contributed by atoms with Gasteiger partial charge in [-0.25, -0.2) is 0 Å². The van der Waals surface area contributed by atoms with E-state index in [4.69, 9.17) is 10.5 Å². The van der Waals surface area contributed by atoms with Crippen LogP contribution in [0.2, 0.25) is 0 Å². The second kappa shape index (κ2) is 4.88. The van der Waals surface area contributed by atoms with E-state index in [1.807, 2.05) is 0 Å². The molecule has 1 fully saturated rings. The number of benzene rings is 1. The van der Waals surface area contributed by atoms with Gasteiger partial charge < -0.3 is 15.8 Å². The Labute approximate surface area is 94.8 Å². The molecule has 1 aromatic rings. The standard InChI is InChI=1S/C12H16N2O2/c13-9-4-6-10(7-5-9)16-11-3-1-2-8-14-12(11)15/h4-7,11H,1-3,8,13H2,(H,14,15). The van der Waals surface area contributed by atoms with Crippen molar-refractivity contribution in [3.63, 3.8) is 0 Å². The van der Waals surface area contributed by atoms with Crippen LogP contribution >= 0.6 is 0 Å². The second-order valence-corrected chi connectivity index (χ2v) is 3.96. The van der Waals surface area contributed by atoms with Gasteiger partial charge in [-0.05, 0) is 43.5 Å². The first-order valence-electron chi connectivity index (χ1n) is 5.55. The van der Waals surface area contributed by atoms with Gasteiger partial charge in [-0.2, -0.15) is 0 Å². The minimum atomic E-state index is -0.369. The number of carbonyl (C=O) groups is 1. The fourth-order valence-electron chi connectivity index (χ4n) is 1.73. The van der Waals surface area contributed by atoms with Crippen molar-refractivity contribution in [1.29, 1.82) is 0 Å². The molecule has 2 rings (SSSR count). The molecule has 0 bridgehead atoms. The van der Waals surface area contributed by atoms with Gasteiger partial charge in [-0.15, -0.1) is 0 Å². The molecule has 1 unspecified atom stereocenters. The monoisotopic (exact) mass is 220 g/mol. The maximum atomic E-state index is 11.6. The van der Waals surface area contributed by atoms with Crippen LogP contribution in [-0.2, 0) is 4.79 Å².